The van der Waals surface area contributed by atoms with Gasteiger partial charge in [-0.3, -0.25) is 14.8 Å². The van der Waals surface area contributed by atoms with Crippen LogP contribution in [0.5, 0.6) is 0 Å². The van der Waals surface area contributed by atoms with Crippen molar-refractivity contribution in [2.24, 2.45) is 0 Å². The van der Waals surface area contributed by atoms with Crippen LogP contribution in [0.3, 0.4) is 0 Å². The van der Waals surface area contributed by atoms with Crippen LogP contribution in [0.1, 0.15) is 0 Å². The maximum Gasteiger partial charge on any atom is 0.271 e. The summed E-state index contributed by atoms with van der Waals surface area (Å²) in [5.74, 6) is 0.186. The second-order valence-corrected chi connectivity index (χ2v) is 6.48. The lowest BCUT2D eigenvalue weighted by Gasteiger charge is -2.09. The molecule has 0 saturated heterocycles. The van der Waals surface area contributed by atoms with Gasteiger partial charge in [-0.1, -0.05) is 0 Å². The Balaban J connectivity index is 2.38. The molecule has 3 N–H and O–H groups in total. The third kappa shape index (κ3) is 3.47. The van der Waals surface area contributed by atoms with Crippen LogP contribution in [0.15, 0.2) is 45.9 Å². The second kappa shape index (κ2) is 5.66. The van der Waals surface area contributed by atoms with E-state index >= 15 is 0 Å². The number of rotatable bonds is 4. The van der Waals surface area contributed by atoms with Crippen LogP contribution in [-0.4, -0.2) is 18.3 Å². The topological polar surface area (TPSA) is 128 Å². The summed E-state index contributed by atoms with van der Waals surface area (Å²) < 4.78 is 27.0. The fourth-order valence-corrected chi connectivity index (χ4v) is 2.95. The lowest BCUT2D eigenvalue weighted by molar-refractivity contribution is -0.384. The Labute approximate surface area is 128 Å². The molecule has 0 bridgehead atoms. The number of sulfonamides is 1. The Morgan fingerprint density at radius 2 is 2.00 bits per heavy atom. The molecule has 1 aromatic carbocycles. The van der Waals surface area contributed by atoms with Gasteiger partial charge in [0.1, 0.15) is 10.7 Å². The highest BCUT2D eigenvalue weighted by Gasteiger charge is 2.18. The van der Waals surface area contributed by atoms with Crippen molar-refractivity contribution >= 4 is 43.1 Å². The summed E-state index contributed by atoms with van der Waals surface area (Å²) in [6, 6.07) is 6.39. The van der Waals surface area contributed by atoms with E-state index in [0.717, 1.165) is 12.3 Å². The quantitative estimate of drug-likeness (QED) is 0.624. The molecule has 1 aromatic heterocycles. The number of nitrogens with two attached hydrogens (primary N) is 1. The zero-order chi connectivity index (χ0) is 15.6. The first-order valence-electron chi connectivity index (χ1n) is 5.48. The van der Waals surface area contributed by atoms with Crippen molar-refractivity contribution in [2.75, 3.05) is 10.5 Å². The minimum Gasteiger partial charge on any atom is -0.384 e. The molecule has 0 saturated carbocycles. The van der Waals surface area contributed by atoms with E-state index in [4.69, 9.17) is 5.73 Å². The highest BCUT2D eigenvalue weighted by atomic mass is 79.9. The fraction of sp³-hybridized carbons (Fsp3) is 0. The van der Waals surface area contributed by atoms with E-state index in [2.05, 4.69) is 25.6 Å². The molecular weight excluding hydrogens is 364 g/mol. The van der Waals surface area contributed by atoms with Gasteiger partial charge in [-0.2, -0.15) is 0 Å². The van der Waals surface area contributed by atoms with Gasteiger partial charge >= 0.3 is 0 Å². The third-order valence-corrected chi connectivity index (χ3v) is 4.52. The summed E-state index contributed by atoms with van der Waals surface area (Å²) in [5, 5.41) is 10.7. The minimum atomic E-state index is -3.92. The summed E-state index contributed by atoms with van der Waals surface area (Å²) in [5.41, 5.74) is 5.22. The van der Waals surface area contributed by atoms with Gasteiger partial charge in [0.2, 0.25) is 0 Å². The van der Waals surface area contributed by atoms with Crippen LogP contribution in [0.2, 0.25) is 0 Å². The maximum atomic E-state index is 12.2. The van der Waals surface area contributed by atoms with Crippen LogP contribution >= 0.6 is 15.9 Å². The number of nitro benzene ring substituents is 1. The van der Waals surface area contributed by atoms with Gasteiger partial charge in [-0.05, 0) is 34.1 Å². The van der Waals surface area contributed by atoms with Crippen molar-refractivity contribution in [3.05, 3.63) is 51.1 Å². The normalized spacial score (nSPS) is 11.1. The molecule has 2 rings (SSSR count). The number of hydrogen-bond donors (Lipinski definition) is 2. The zero-order valence-electron chi connectivity index (χ0n) is 10.4. The van der Waals surface area contributed by atoms with Crippen LogP contribution < -0.4 is 10.5 Å². The highest BCUT2D eigenvalue weighted by Crippen LogP contribution is 2.29. The molecular formula is C11H9BrN4O4S. The average molecular weight is 373 g/mol. The summed E-state index contributed by atoms with van der Waals surface area (Å²) in [4.78, 5) is 13.7. The van der Waals surface area contributed by atoms with E-state index in [1.807, 2.05) is 0 Å². The monoisotopic (exact) mass is 372 g/mol. The van der Waals surface area contributed by atoms with Gasteiger partial charge < -0.3 is 5.73 Å². The van der Waals surface area contributed by atoms with Gasteiger partial charge in [0.25, 0.3) is 15.7 Å². The number of aromatic nitrogens is 1. The van der Waals surface area contributed by atoms with Crippen molar-refractivity contribution in [3.8, 4) is 0 Å². The summed E-state index contributed by atoms with van der Waals surface area (Å²) in [7, 11) is -3.92. The smallest absolute Gasteiger partial charge is 0.271 e. The molecule has 0 aliphatic heterocycles. The number of pyridine rings is 1. The van der Waals surface area contributed by atoms with Crippen molar-refractivity contribution in [1.29, 1.82) is 0 Å². The molecule has 8 nitrogen and oxygen atoms in total. The zero-order valence-corrected chi connectivity index (χ0v) is 12.8. The molecule has 0 unspecified atom stereocenters. The van der Waals surface area contributed by atoms with E-state index in [1.54, 1.807) is 0 Å². The van der Waals surface area contributed by atoms with E-state index in [-0.39, 0.29) is 22.1 Å². The van der Waals surface area contributed by atoms with Crippen molar-refractivity contribution in [3.63, 3.8) is 0 Å². The number of anilines is 2. The minimum absolute atomic E-state index is 0.0565. The van der Waals surface area contributed by atoms with E-state index in [1.165, 1.54) is 24.3 Å². The lowest BCUT2D eigenvalue weighted by Crippen LogP contribution is -2.14. The lowest BCUT2D eigenvalue weighted by atomic mass is 10.3. The number of benzene rings is 1. The molecule has 1 heterocycles. The van der Waals surface area contributed by atoms with E-state index in [9.17, 15) is 18.5 Å². The number of halogens is 1. The summed E-state index contributed by atoms with van der Waals surface area (Å²) in [6.45, 7) is 0. The molecule has 10 heteroatoms. The molecule has 0 amide bonds. The molecule has 0 spiro atoms. The second-order valence-electron chi connectivity index (χ2n) is 3.95. The predicted octanol–water partition coefficient (Wildman–Crippen LogP) is 2.14. The molecule has 2 aromatic rings. The molecule has 21 heavy (non-hydrogen) atoms. The van der Waals surface area contributed by atoms with Crippen molar-refractivity contribution in [1.82, 2.24) is 4.98 Å². The van der Waals surface area contributed by atoms with Crippen LogP contribution in [-0.2, 0) is 10.0 Å². The highest BCUT2D eigenvalue weighted by molar-refractivity contribution is 9.10. The number of hydrogen-bond acceptors (Lipinski definition) is 6. The molecule has 110 valence electrons. The molecule has 0 aliphatic carbocycles. The maximum absolute atomic E-state index is 12.2. The Bertz CT molecular complexity index is 792. The number of nitro groups is 1. The standard InChI is InChI=1S/C11H9BrN4O4S/c12-9-3-1-7(16(17)18)5-10(9)15-21(19,20)8-2-4-11(13)14-6-8/h1-6,15H,(H2,13,14). The number of nitrogens with zero attached hydrogens (tertiary/aromatic N) is 2. The van der Waals surface area contributed by atoms with E-state index in [0.29, 0.717) is 4.47 Å². The SMILES string of the molecule is Nc1ccc(S(=O)(=O)Nc2cc([N+](=O)[O-])ccc2Br)cn1. The van der Waals surface area contributed by atoms with Crippen LogP contribution in [0, 0.1) is 10.1 Å². The first kappa shape index (κ1) is 15.2. The van der Waals surface area contributed by atoms with Crippen molar-refractivity contribution in [2.45, 2.75) is 4.90 Å². The Kier molecular flexibility index (Phi) is 4.09. The van der Waals surface area contributed by atoms with Crippen LogP contribution in [0.4, 0.5) is 17.2 Å². The van der Waals surface area contributed by atoms with E-state index < -0.39 is 14.9 Å². The molecule has 0 aliphatic rings. The number of nitrogens with one attached hydrogen (secondary N) is 1. The largest absolute Gasteiger partial charge is 0.384 e. The molecule has 0 radical (unpaired) electrons. The van der Waals surface area contributed by atoms with Crippen LogP contribution in [0.25, 0.3) is 0 Å². The van der Waals surface area contributed by atoms with Crippen molar-refractivity contribution < 1.29 is 13.3 Å². The molecule has 0 atom stereocenters. The van der Waals surface area contributed by atoms with Gasteiger partial charge in [-0.25, -0.2) is 13.4 Å². The Hall–Kier alpha value is -2.20. The van der Waals surface area contributed by atoms with Gasteiger partial charge in [0.05, 0.1) is 10.6 Å². The van der Waals surface area contributed by atoms with Gasteiger partial charge in [0, 0.05) is 22.8 Å². The summed E-state index contributed by atoms with van der Waals surface area (Å²) >= 11 is 3.13. The van der Waals surface area contributed by atoms with Gasteiger partial charge in [0.15, 0.2) is 0 Å². The first-order valence-corrected chi connectivity index (χ1v) is 7.75. The fourth-order valence-electron chi connectivity index (χ4n) is 1.46. The number of nitrogen functional groups attached to an aromatic ring is 1. The average Bonchev–Trinajstić information content (AvgIpc) is 2.41. The first-order chi connectivity index (χ1) is 9.79. The predicted molar refractivity (Wildman–Crippen MR) is 80.3 cm³/mol. The third-order valence-electron chi connectivity index (χ3n) is 2.47. The summed E-state index contributed by atoms with van der Waals surface area (Å²) in [6.07, 6.45) is 1.10. The Morgan fingerprint density at radius 3 is 2.57 bits per heavy atom. The number of non-ortho nitro benzene ring substituents is 1. The Morgan fingerprint density at radius 1 is 1.29 bits per heavy atom. The molecule has 0 fully saturated rings. The van der Waals surface area contributed by atoms with Gasteiger partial charge in [-0.15, -0.1) is 0 Å².